The summed E-state index contributed by atoms with van der Waals surface area (Å²) in [5.74, 6) is 0.134. The molecule has 1 saturated heterocycles. The Morgan fingerprint density at radius 1 is 1.32 bits per heavy atom. The van der Waals surface area contributed by atoms with Crippen LogP contribution in [0.25, 0.3) is 0 Å². The fourth-order valence-electron chi connectivity index (χ4n) is 3.21. The van der Waals surface area contributed by atoms with Gasteiger partial charge < -0.3 is 10.0 Å². The molecule has 1 aliphatic heterocycles. The van der Waals surface area contributed by atoms with E-state index in [1.54, 1.807) is 11.3 Å². The predicted molar refractivity (Wildman–Crippen MR) is 76.7 cm³/mol. The minimum atomic E-state index is 0.0365. The van der Waals surface area contributed by atoms with Crippen LogP contribution in [0.1, 0.15) is 52.2 Å². The molecule has 1 aromatic heterocycles. The fourth-order valence-corrected chi connectivity index (χ4v) is 4.42. The Bertz CT molecular complexity index is 445. The molecule has 1 amide bonds. The molecule has 0 radical (unpaired) electrons. The second-order valence-electron chi connectivity index (χ2n) is 5.60. The van der Waals surface area contributed by atoms with Crippen LogP contribution < -0.4 is 0 Å². The molecule has 0 bridgehead atoms. The first-order chi connectivity index (χ1) is 9.29. The van der Waals surface area contributed by atoms with Crippen LogP contribution in [0.2, 0.25) is 0 Å². The Morgan fingerprint density at radius 3 is 3.00 bits per heavy atom. The Hall–Kier alpha value is -0.870. The van der Waals surface area contributed by atoms with Crippen molar-refractivity contribution < 1.29 is 9.90 Å². The van der Waals surface area contributed by atoms with Gasteiger partial charge in [-0.3, -0.25) is 4.79 Å². The van der Waals surface area contributed by atoms with Gasteiger partial charge in [-0.25, -0.2) is 0 Å². The molecular weight excluding hydrogens is 258 g/mol. The zero-order chi connectivity index (χ0) is 13.2. The van der Waals surface area contributed by atoms with E-state index in [1.807, 2.05) is 4.90 Å². The van der Waals surface area contributed by atoms with Gasteiger partial charge in [-0.05, 0) is 50.2 Å². The highest BCUT2D eigenvalue weighted by Gasteiger charge is 2.30. The molecule has 0 unspecified atom stereocenters. The third kappa shape index (κ3) is 2.56. The molecule has 4 heteroatoms. The van der Waals surface area contributed by atoms with Crippen molar-refractivity contribution in [3.05, 3.63) is 21.4 Å². The van der Waals surface area contributed by atoms with E-state index in [2.05, 4.69) is 6.07 Å². The van der Waals surface area contributed by atoms with Gasteiger partial charge in [-0.15, -0.1) is 11.3 Å². The lowest BCUT2D eigenvalue weighted by Crippen LogP contribution is -2.37. The average Bonchev–Trinajstić information content (AvgIpc) is 3.00. The maximum absolute atomic E-state index is 12.5. The Balaban J connectivity index is 1.80. The third-order valence-corrected chi connectivity index (χ3v) is 5.53. The SMILES string of the molecule is O=C(c1cc2c(s1)CCCCC2)N1CCC[C@@H]1CO. The Labute approximate surface area is 118 Å². The van der Waals surface area contributed by atoms with Gasteiger partial charge in [0.05, 0.1) is 17.5 Å². The molecular formula is C15H21NO2S. The zero-order valence-electron chi connectivity index (χ0n) is 11.2. The van der Waals surface area contributed by atoms with Crippen LogP contribution in [0, 0.1) is 0 Å². The lowest BCUT2D eigenvalue weighted by molar-refractivity contribution is 0.0682. The quantitative estimate of drug-likeness (QED) is 0.845. The van der Waals surface area contributed by atoms with E-state index in [1.165, 1.54) is 29.7 Å². The number of aliphatic hydroxyl groups is 1. The summed E-state index contributed by atoms with van der Waals surface area (Å²) in [6, 6.07) is 2.15. The number of hydrogen-bond acceptors (Lipinski definition) is 3. The van der Waals surface area contributed by atoms with Gasteiger partial charge in [0.1, 0.15) is 0 Å². The minimum absolute atomic E-state index is 0.0365. The lowest BCUT2D eigenvalue weighted by atomic mass is 10.1. The van der Waals surface area contributed by atoms with Crippen molar-refractivity contribution in [3.63, 3.8) is 0 Å². The number of carbonyl (C=O) groups excluding carboxylic acids is 1. The summed E-state index contributed by atoms with van der Waals surface area (Å²) in [6.07, 6.45) is 8.03. The van der Waals surface area contributed by atoms with Crippen LogP contribution in [0.4, 0.5) is 0 Å². The molecule has 1 N–H and O–H groups in total. The van der Waals surface area contributed by atoms with Crippen LogP contribution in [-0.4, -0.2) is 35.1 Å². The van der Waals surface area contributed by atoms with Gasteiger partial charge in [0.25, 0.3) is 5.91 Å². The number of hydrogen-bond donors (Lipinski definition) is 1. The normalized spacial score (nSPS) is 23.2. The van der Waals surface area contributed by atoms with Gasteiger partial charge in [-0.1, -0.05) is 6.42 Å². The van der Waals surface area contributed by atoms with Crippen molar-refractivity contribution in [1.29, 1.82) is 0 Å². The number of nitrogens with zero attached hydrogens (tertiary/aromatic N) is 1. The van der Waals surface area contributed by atoms with E-state index in [-0.39, 0.29) is 18.6 Å². The number of rotatable bonds is 2. The molecule has 1 aliphatic carbocycles. The van der Waals surface area contributed by atoms with Crippen molar-refractivity contribution in [2.24, 2.45) is 0 Å². The van der Waals surface area contributed by atoms with Gasteiger partial charge >= 0.3 is 0 Å². The molecule has 1 atom stereocenters. The predicted octanol–water partition coefficient (Wildman–Crippen LogP) is 2.61. The summed E-state index contributed by atoms with van der Waals surface area (Å²) in [6.45, 7) is 0.892. The van der Waals surface area contributed by atoms with E-state index in [4.69, 9.17) is 0 Å². The van der Waals surface area contributed by atoms with Gasteiger partial charge in [0, 0.05) is 11.4 Å². The molecule has 3 nitrogen and oxygen atoms in total. The standard InChI is InChI=1S/C15H21NO2S/c17-10-12-6-4-8-16(12)15(18)14-9-11-5-2-1-3-7-13(11)19-14/h9,12,17H,1-8,10H2/t12-/m1/s1. The summed E-state index contributed by atoms with van der Waals surface area (Å²) in [5, 5.41) is 9.34. The van der Waals surface area contributed by atoms with Gasteiger partial charge in [0.15, 0.2) is 0 Å². The average molecular weight is 279 g/mol. The highest BCUT2D eigenvalue weighted by Crippen LogP contribution is 2.31. The highest BCUT2D eigenvalue weighted by molar-refractivity contribution is 7.14. The summed E-state index contributed by atoms with van der Waals surface area (Å²) >= 11 is 1.68. The van der Waals surface area contributed by atoms with Gasteiger partial charge in [0.2, 0.25) is 0 Å². The molecule has 1 fully saturated rings. The molecule has 0 saturated carbocycles. The number of amides is 1. The third-order valence-electron chi connectivity index (χ3n) is 4.31. The zero-order valence-corrected chi connectivity index (χ0v) is 12.0. The first-order valence-electron chi connectivity index (χ1n) is 7.33. The summed E-state index contributed by atoms with van der Waals surface area (Å²) < 4.78 is 0. The summed E-state index contributed by atoms with van der Waals surface area (Å²) in [7, 11) is 0. The number of thiophene rings is 1. The Morgan fingerprint density at radius 2 is 2.16 bits per heavy atom. The molecule has 1 aromatic rings. The van der Waals surface area contributed by atoms with Gasteiger partial charge in [-0.2, -0.15) is 0 Å². The van der Waals surface area contributed by atoms with Crippen molar-refractivity contribution in [2.75, 3.05) is 13.2 Å². The van der Waals surface area contributed by atoms with E-state index in [0.29, 0.717) is 0 Å². The molecule has 2 aliphatic rings. The summed E-state index contributed by atoms with van der Waals surface area (Å²) in [5.41, 5.74) is 1.39. The number of fused-ring (bicyclic) bond motifs is 1. The van der Waals surface area contributed by atoms with Crippen LogP contribution >= 0.6 is 11.3 Å². The highest BCUT2D eigenvalue weighted by atomic mass is 32.1. The first-order valence-corrected chi connectivity index (χ1v) is 8.14. The van der Waals surface area contributed by atoms with Crippen LogP contribution in [0.3, 0.4) is 0 Å². The number of carbonyl (C=O) groups is 1. The number of likely N-dealkylation sites (tertiary alicyclic amines) is 1. The largest absolute Gasteiger partial charge is 0.394 e. The minimum Gasteiger partial charge on any atom is -0.394 e. The van der Waals surface area contributed by atoms with Crippen molar-refractivity contribution >= 4 is 17.2 Å². The number of aryl methyl sites for hydroxylation is 2. The molecule has 0 aromatic carbocycles. The maximum Gasteiger partial charge on any atom is 0.264 e. The Kier molecular flexibility index (Phi) is 3.89. The molecule has 0 spiro atoms. The van der Waals surface area contributed by atoms with E-state index in [9.17, 15) is 9.90 Å². The molecule has 2 heterocycles. The van der Waals surface area contributed by atoms with Crippen LogP contribution in [-0.2, 0) is 12.8 Å². The van der Waals surface area contributed by atoms with Crippen molar-refractivity contribution in [3.8, 4) is 0 Å². The number of aliphatic hydroxyl groups excluding tert-OH is 1. The van der Waals surface area contributed by atoms with Crippen LogP contribution in [0.15, 0.2) is 6.07 Å². The topological polar surface area (TPSA) is 40.5 Å². The van der Waals surface area contributed by atoms with Crippen molar-refractivity contribution in [1.82, 2.24) is 4.90 Å². The molecule has 19 heavy (non-hydrogen) atoms. The smallest absolute Gasteiger partial charge is 0.264 e. The first kappa shape index (κ1) is 13.1. The van der Waals surface area contributed by atoms with E-state index in [0.717, 1.165) is 37.1 Å². The lowest BCUT2D eigenvalue weighted by Gasteiger charge is -2.22. The summed E-state index contributed by atoms with van der Waals surface area (Å²) in [4.78, 5) is 16.7. The second kappa shape index (κ2) is 5.63. The van der Waals surface area contributed by atoms with E-state index < -0.39 is 0 Å². The fraction of sp³-hybridized carbons (Fsp3) is 0.667. The van der Waals surface area contributed by atoms with Crippen LogP contribution in [0.5, 0.6) is 0 Å². The molecule has 104 valence electrons. The monoisotopic (exact) mass is 279 g/mol. The molecule has 3 rings (SSSR count). The van der Waals surface area contributed by atoms with E-state index >= 15 is 0 Å². The second-order valence-corrected chi connectivity index (χ2v) is 6.73. The van der Waals surface area contributed by atoms with Crippen molar-refractivity contribution in [2.45, 2.75) is 51.0 Å². The maximum atomic E-state index is 12.5.